The van der Waals surface area contributed by atoms with Crippen molar-refractivity contribution in [2.45, 2.75) is 44.6 Å². The van der Waals surface area contributed by atoms with Gasteiger partial charge in [0.05, 0.1) is 30.1 Å². The highest BCUT2D eigenvalue weighted by Crippen LogP contribution is 2.33. The summed E-state index contributed by atoms with van der Waals surface area (Å²) in [5.41, 5.74) is 3.97. The molecule has 2 fully saturated rings. The summed E-state index contributed by atoms with van der Waals surface area (Å²) in [6.45, 7) is 6.03. The lowest BCUT2D eigenvalue weighted by Crippen LogP contribution is -2.58. The van der Waals surface area contributed by atoms with Crippen LogP contribution in [0.15, 0.2) is 67.1 Å². The van der Waals surface area contributed by atoms with Crippen LogP contribution in [0.3, 0.4) is 0 Å². The van der Waals surface area contributed by atoms with Crippen LogP contribution in [0.2, 0.25) is 0 Å². The number of nitrogens with zero attached hydrogens (tertiary/aromatic N) is 6. The Balaban J connectivity index is 1.20. The van der Waals surface area contributed by atoms with Crippen LogP contribution >= 0.6 is 0 Å². The third-order valence-electron chi connectivity index (χ3n) is 8.98. The van der Waals surface area contributed by atoms with Crippen molar-refractivity contribution in [3.05, 3.63) is 78.2 Å². The summed E-state index contributed by atoms with van der Waals surface area (Å²) in [6.07, 6.45) is 9.60. The fourth-order valence-corrected chi connectivity index (χ4v) is 6.51. The SMILES string of the molecule is CCOc1cc(-c2ccc(N3CCC(Cc4ccccc4)(NC(=O)C4CCN(C)CC4)CC3)nc2)c2c(C#N)cnn2c1. The van der Waals surface area contributed by atoms with Crippen LogP contribution in [0.25, 0.3) is 16.6 Å². The molecule has 9 nitrogen and oxygen atoms in total. The van der Waals surface area contributed by atoms with E-state index in [1.165, 1.54) is 5.56 Å². The van der Waals surface area contributed by atoms with Gasteiger partial charge in [-0.3, -0.25) is 4.79 Å². The lowest BCUT2D eigenvalue weighted by Gasteiger charge is -2.44. The molecule has 0 unspecified atom stereocenters. The number of carbonyl (C=O) groups excluding carboxylic acids is 1. The zero-order valence-electron chi connectivity index (χ0n) is 25.0. The molecule has 2 aliphatic rings. The normalized spacial score (nSPS) is 17.5. The first-order valence-electron chi connectivity index (χ1n) is 15.3. The van der Waals surface area contributed by atoms with E-state index in [0.717, 1.165) is 80.7 Å². The number of carbonyl (C=O) groups is 1. The van der Waals surface area contributed by atoms with E-state index < -0.39 is 0 Å². The van der Waals surface area contributed by atoms with Crippen molar-refractivity contribution >= 4 is 17.2 Å². The van der Waals surface area contributed by atoms with Crippen molar-refractivity contribution < 1.29 is 9.53 Å². The molecule has 4 aromatic rings. The van der Waals surface area contributed by atoms with Gasteiger partial charge in [0.25, 0.3) is 0 Å². The maximum absolute atomic E-state index is 13.5. The molecular formula is C34H39N7O2. The molecule has 6 rings (SSSR count). The van der Waals surface area contributed by atoms with Crippen LogP contribution in [-0.2, 0) is 11.2 Å². The minimum absolute atomic E-state index is 0.0844. The molecule has 0 spiro atoms. The van der Waals surface area contributed by atoms with Crippen LogP contribution < -0.4 is 15.0 Å². The second-order valence-corrected chi connectivity index (χ2v) is 11.9. The van der Waals surface area contributed by atoms with Gasteiger partial charge in [0, 0.05) is 41.9 Å². The van der Waals surface area contributed by atoms with Gasteiger partial charge in [-0.15, -0.1) is 0 Å². The van der Waals surface area contributed by atoms with E-state index in [1.807, 2.05) is 31.3 Å². The Kier molecular flexibility index (Phi) is 8.30. The highest BCUT2D eigenvalue weighted by atomic mass is 16.5. The third kappa shape index (κ3) is 6.20. The minimum Gasteiger partial charge on any atom is -0.492 e. The smallest absolute Gasteiger partial charge is 0.223 e. The molecular weight excluding hydrogens is 538 g/mol. The van der Waals surface area contributed by atoms with Gasteiger partial charge in [-0.25, -0.2) is 9.50 Å². The van der Waals surface area contributed by atoms with Crippen molar-refractivity contribution in [2.24, 2.45) is 5.92 Å². The lowest BCUT2D eigenvalue weighted by atomic mass is 9.80. The van der Waals surface area contributed by atoms with Gasteiger partial charge in [0.2, 0.25) is 5.91 Å². The number of piperidine rings is 2. The van der Waals surface area contributed by atoms with Crippen LogP contribution in [0.5, 0.6) is 5.75 Å². The number of hydrogen-bond donors (Lipinski definition) is 1. The number of rotatable bonds is 8. The number of amides is 1. The Hall–Kier alpha value is -4.42. The number of fused-ring (bicyclic) bond motifs is 1. The van der Waals surface area contributed by atoms with E-state index in [9.17, 15) is 10.1 Å². The van der Waals surface area contributed by atoms with Crippen molar-refractivity contribution in [3.8, 4) is 22.9 Å². The van der Waals surface area contributed by atoms with E-state index in [1.54, 1.807) is 16.9 Å². The summed E-state index contributed by atoms with van der Waals surface area (Å²) in [6, 6.07) is 18.8. The molecule has 0 atom stereocenters. The number of hydrogen-bond acceptors (Lipinski definition) is 7. The standard InChI is InChI=1S/C34H39N7O2/c1-3-43-29-19-30(32-28(21-35)23-37-41(32)24-29)27-9-10-31(36-22-27)40-17-13-34(14-18-40,20-25-7-5-4-6-8-25)38-33(42)26-11-15-39(2)16-12-26/h4-10,19,22-24,26H,3,11-18,20H2,1-2H3,(H,38,42). The molecule has 0 radical (unpaired) electrons. The predicted molar refractivity (Wildman–Crippen MR) is 167 cm³/mol. The van der Waals surface area contributed by atoms with Gasteiger partial charge >= 0.3 is 0 Å². The molecule has 2 aliphatic heterocycles. The Labute approximate surface area is 253 Å². The first kappa shape index (κ1) is 28.7. The van der Waals surface area contributed by atoms with Gasteiger partial charge < -0.3 is 19.9 Å². The van der Waals surface area contributed by atoms with E-state index in [0.29, 0.717) is 17.9 Å². The Morgan fingerprint density at radius 1 is 1.09 bits per heavy atom. The second kappa shape index (κ2) is 12.4. The summed E-state index contributed by atoms with van der Waals surface area (Å²) in [7, 11) is 2.13. The maximum Gasteiger partial charge on any atom is 0.223 e. The number of aromatic nitrogens is 3. The summed E-state index contributed by atoms with van der Waals surface area (Å²) in [5, 5.41) is 17.6. The van der Waals surface area contributed by atoms with Crippen LogP contribution in [0.4, 0.5) is 5.82 Å². The van der Waals surface area contributed by atoms with Gasteiger partial charge in [0.1, 0.15) is 17.6 Å². The molecule has 43 heavy (non-hydrogen) atoms. The number of anilines is 1. The monoisotopic (exact) mass is 577 g/mol. The van der Waals surface area contributed by atoms with Crippen LogP contribution in [0.1, 0.15) is 43.7 Å². The first-order chi connectivity index (χ1) is 21.0. The summed E-state index contributed by atoms with van der Waals surface area (Å²) >= 11 is 0. The van der Waals surface area contributed by atoms with E-state index in [2.05, 4.69) is 63.7 Å². The first-order valence-corrected chi connectivity index (χ1v) is 15.3. The Morgan fingerprint density at radius 2 is 1.86 bits per heavy atom. The van der Waals surface area contributed by atoms with Crippen molar-refractivity contribution in [2.75, 3.05) is 44.7 Å². The average Bonchev–Trinajstić information content (AvgIpc) is 3.45. The Bertz CT molecular complexity index is 1590. The maximum atomic E-state index is 13.5. The zero-order valence-corrected chi connectivity index (χ0v) is 25.0. The highest BCUT2D eigenvalue weighted by Gasteiger charge is 2.38. The fraction of sp³-hybridized carbons (Fsp3) is 0.412. The zero-order chi connectivity index (χ0) is 29.8. The van der Waals surface area contributed by atoms with E-state index >= 15 is 0 Å². The molecule has 0 saturated carbocycles. The fourth-order valence-electron chi connectivity index (χ4n) is 6.51. The van der Waals surface area contributed by atoms with Gasteiger partial charge in [0.15, 0.2) is 0 Å². The van der Waals surface area contributed by atoms with Crippen molar-refractivity contribution in [3.63, 3.8) is 0 Å². The summed E-state index contributed by atoms with van der Waals surface area (Å²) in [5.74, 6) is 1.89. The number of nitrogens with one attached hydrogen (secondary N) is 1. The Morgan fingerprint density at radius 3 is 2.53 bits per heavy atom. The molecule has 5 heterocycles. The predicted octanol–water partition coefficient (Wildman–Crippen LogP) is 4.71. The topological polar surface area (TPSA) is 98.8 Å². The van der Waals surface area contributed by atoms with E-state index in [-0.39, 0.29) is 17.4 Å². The quantitative estimate of drug-likeness (QED) is 0.324. The molecule has 1 N–H and O–H groups in total. The largest absolute Gasteiger partial charge is 0.492 e. The molecule has 0 bridgehead atoms. The summed E-state index contributed by atoms with van der Waals surface area (Å²) < 4.78 is 7.46. The van der Waals surface area contributed by atoms with Gasteiger partial charge in [-0.2, -0.15) is 10.4 Å². The minimum atomic E-state index is -0.279. The van der Waals surface area contributed by atoms with Crippen LogP contribution in [-0.4, -0.2) is 70.8 Å². The van der Waals surface area contributed by atoms with Crippen LogP contribution in [0, 0.1) is 17.2 Å². The van der Waals surface area contributed by atoms with Crippen molar-refractivity contribution in [1.82, 2.24) is 24.8 Å². The van der Waals surface area contributed by atoms with E-state index in [4.69, 9.17) is 9.72 Å². The number of nitriles is 1. The number of benzene rings is 1. The molecule has 222 valence electrons. The van der Waals surface area contributed by atoms with Gasteiger partial charge in [-0.1, -0.05) is 30.3 Å². The molecule has 1 aromatic carbocycles. The molecule has 3 aromatic heterocycles. The summed E-state index contributed by atoms with van der Waals surface area (Å²) in [4.78, 5) is 22.9. The lowest BCUT2D eigenvalue weighted by molar-refractivity contribution is -0.128. The number of likely N-dealkylation sites (tertiary alicyclic amines) is 1. The molecule has 0 aliphatic carbocycles. The number of ether oxygens (including phenoxy) is 1. The third-order valence-corrected chi connectivity index (χ3v) is 8.98. The second-order valence-electron chi connectivity index (χ2n) is 11.9. The van der Waals surface area contributed by atoms with Crippen molar-refractivity contribution in [1.29, 1.82) is 5.26 Å². The molecule has 2 saturated heterocycles. The average molecular weight is 578 g/mol. The number of pyridine rings is 2. The van der Waals surface area contributed by atoms with Gasteiger partial charge in [-0.05, 0) is 82.9 Å². The molecule has 9 heteroatoms. The highest BCUT2D eigenvalue weighted by molar-refractivity contribution is 5.85. The molecule has 1 amide bonds.